The summed E-state index contributed by atoms with van der Waals surface area (Å²) in [6.07, 6.45) is 0. The van der Waals surface area contributed by atoms with Gasteiger partial charge in [0.2, 0.25) is 17.8 Å². The van der Waals surface area contributed by atoms with Crippen LogP contribution in [0.3, 0.4) is 0 Å². The molecule has 1 heterocycles. The molecule has 1 aromatic heterocycles. The quantitative estimate of drug-likeness (QED) is 0.554. The van der Waals surface area contributed by atoms with Gasteiger partial charge in [0, 0.05) is 7.05 Å². The minimum absolute atomic E-state index is 0.0241. The number of nitrogen functional groups attached to an aromatic ring is 2. The van der Waals surface area contributed by atoms with Crippen molar-refractivity contribution in [3.8, 4) is 11.5 Å². The SMILES string of the molecule is CN(c1nc(N)nc(N)n1)c1cccc(O)c1O. The number of nitrogens with two attached hydrogens (primary N) is 2. The maximum Gasteiger partial charge on any atom is 0.236 e. The number of aromatic hydroxyl groups is 2. The van der Waals surface area contributed by atoms with Crippen LogP contribution in [0.1, 0.15) is 0 Å². The lowest BCUT2D eigenvalue weighted by Gasteiger charge is -2.18. The lowest BCUT2D eigenvalue weighted by atomic mass is 10.2. The maximum atomic E-state index is 9.74. The van der Waals surface area contributed by atoms with E-state index in [0.717, 1.165) is 0 Å². The summed E-state index contributed by atoms with van der Waals surface area (Å²) in [4.78, 5) is 12.9. The number of rotatable bonds is 2. The molecule has 0 atom stereocenters. The number of phenols is 2. The van der Waals surface area contributed by atoms with Crippen LogP contribution >= 0.6 is 0 Å². The molecule has 0 aliphatic heterocycles. The molecule has 18 heavy (non-hydrogen) atoms. The van der Waals surface area contributed by atoms with E-state index in [9.17, 15) is 10.2 Å². The molecule has 1 aromatic carbocycles. The van der Waals surface area contributed by atoms with Gasteiger partial charge in [-0.25, -0.2) is 0 Å². The van der Waals surface area contributed by atoms with Crippen LogP contribution in [0.5, 0.6) is 11.5 Å². The van der Waals surface area contributed by atoms with Gasteiger partial charge in [-0.2, -0.15) is 15.0 Å². The Labute approximate surface area is 103 Å². The van der Waals surface area contributed by atoms with Gasteiger partial charge in [-0.15, -0.1) is 0 Å². The molecule has 8 nitrogen and oxygen atoms in total. The van der Waals surface area contributed by atoms with Crippen LogP contribution in [0.15, 0.2) is 18.2 Å². The van der Waals surface area contributed by atoms with Crippen molar-refractivity contribution in [2.45, 2.75) is 0 Å². The molecule has 0 unspecified atom stereocenters. The predicted octanol–water partition coefficient (Wildman–Crippen LogP) is 0.215. The number of aromatic nitrogens is 3. The smallest absolute Gasteiger partial charge is 0.236 e. The number of phenolic OH excluding ortho intramolecular Hbond substituents is 2. The Bertz CT molecular complexity index is 568. The molecule has 6 N–H and O–H groups in total. The third-order valence-corrected chi connectivity index (χ3v) is 2.31. The highest BCUT2D eigenvalue weighted by atomic mass is 16.3. The van der Waals surface area contributed by atoms with Gasteiger partial charge in [0.25, 0.3) is 0 Å². The summed E-state index contributed by atoms with van der Waals surface area (Å²) in [6, 6.07) is 4.53. The van der Waals surface area contributed by atoms with E-state index in [1.54, 1.807) is 19.2 Å². The van der Waals surface area contributed by atoms with Crippen molar-refractivity contribution in [1.82, 2.24) is 15.0 Å². The average molecular weight is 248 g/mol. The van der Waals surface area contributed by atoms with Crippen molar-refractivity contribution in [2.75, 3.05) is 23.4 Å². The Balaban J connectivity index is 2.47. The first kappa shape index (κ1) is 11.7. The Morgan fingerprint density at radius 1 is 1.06 bits per heavy atom. The van der Waals surface area contributed by atoms with Crippen molar-refractivity contribution in [2.24, 2.45) is 0 Å². The normalized spacial score (nSPS) is 10.3. The van der Waals surface area contributed by atoms with Crippen LogP contribution in [0.2, 0.25) is 0 Å². The summed E-state index contributed by atoms with van der Waals surface area (Å²) in [5.41, 5.74) is 11.2. The van der Waals surface area contributed by atoms with Gasteiger partial charge in [0.05, 0.1) is 5.69 Å². The first-order valence-corrected chi connectivity index (χ1v) is 5.00. The summed E-state index contributed by atoms with van der Waals surface area (Å²) >= 11 is 0. The van der Waals surface area contributed by atoms with Crippen molar-refractivity contribution in [3.63, 3.8) is 0 Å². The van der Waals surface area contributed by atoms with Gasteiger partial charge in [-0.05, 0) is 12.1 Å². The predicted molar refractivity (Wildman–Crippen MR) is 66.5 cm³/mol. The van der Waals surface area contributed by atoms with Crippen molar-refractivity contribution in [1.29, 1.82) is 0 Å². The molecule has 0 saturated carbocycles. The molecular formula is C10H12N6O2. The number of anilines is 4. The molecule has 2 aromatic rings. The average Bonchev–Trinajstić information content (AvgIpc) is 2.30. The zero-order chi connectivity index (χ0) is 13.3. The molecule has 0 spiro atoms. The van der Waals surface area contributed by atoms with Gasteiger partial charge < -0.3 is 26.6 Å². The van der Waals surface area contributed by atoms with E-state index >= 15 is 0 Å². The fraction of sp³-hybridized carbons (Fsp3) is 0.100. The van der Waals surface area contributed by atoms with E-state index in [2.05, 4.69) is 15.0 Å². The first-order chi connectivity index (χ1) is 8.49. The number of para-hydroxylation sites is 1. The van der Waals surface area contributed by atoms with E-state index in [0.29, 0.717) is 5.69 Å². The zero-order valence-corrected chi connectivity index (χ0v) is 9.57. The first-order valence-electron chi connectivity index (χ1n) is 5.00. The summed E-state index contributed by atoms with van der Waals surface area (Å²) in [5.74, 6) is -0.402. The summed E-state index contributed by atoms with van der Waals surface area (Å²) < 4.78 is 0. The molecule has 0 saturated heterocycles. The Morgan fingerprint density at radius 2 is 1.67 bits per heavy atom. The number of hydrogen-bond acceptors (Lipinski definition) is 8. The Morgan fingerprint density at radius 3 is 2.28 bits per heavy atom. The molecule has 0 radical (unpaired) electrons. The summed E-state index contributed by atoms with van der Waals surface area (Å²) in [5, 5.41) is 19.2. The molecule has 94 valence electrons. The van der Waals surface area contributed by atoms with Gasteiger partial charge in [-0.1, -0.05) is 6.07 Å². The lowest BCUT2D eigenvalue weighted by Crippen LogP contribution is -2.16. The third-order valence-electron chi connectivity index (χ3n) is 2.31. The molecule has 0 aliphatic rings. The fourth-order valence-corrected chi connectivity index (χ4v) is 1.45. The van der Waals surface area contributed by atoms with Gasteiger partial charge in [0.1, 0.15) is 0 Å². The highest BCUT2D eigenvalue weighted by molar-refractivity contribution is 5.68. The number of hydrogen-bond donors (Lipinski definition) is 4. The van der Waals surface area contributed by atoms with E-state index in [4.69, 9.17) is 11.5 Å². The second-order valence-electron chi connectivity index (χ2n) is 3.56. The molecular weight excluding hydrogens is 236 g/mol. The third kappa shape index (κ3) is 2.03. The second kappa shape index (κ2) is 4.24. The van der Waals surface area contributed by atoms with Gasteiger partial charge >= 0.3 is 0 Å². The van der Waals surface area contributed by atoms with E-state index in [-0.39, 0.29) is 29.3 Å². The van der Waals surface area contributed by atoms with Crippen molar-refractivity contribution >= 4 is 23.5 Å². The van der Waals surface area contributed by atoms with Crippen LogP contribution in [-0.4, -0.2) is 32.2 Å². The van der Waals surface area contributed by atoms with Crippen LogP contribution in [-0.2, 0) is 0 Å². The summed E-state index contributed by atoms with van der Waals surface area (Å²) in [6.45, 7) is 0. The monoisotopic (exact) mass is 248 g/mol. The van der Waals surface area contributed by atoms with E-state index in [1.165, 1.54) is 11.0 Å². The van der Waals surface area contributed by atoms with E-state index in [1.807, 2.05) is 0 Å². The number of nitrogens with zero attached hydrogens (tertiary/aromatic N) is 4. The van der Waals surface area contributed by atoms with Gasteiger partial charge in [0.15, 0.2) is 11.5 Å². The Hall–Kier alpha value is -2.77. The van der Waals surface area contributed by atoms with Crippen LogP contribution in [0, 0.1) is 0 Å². The summed E-state index contributed by atoms with van der Waals surface area (Å²) in [7, 11) is 1.60. The highest BCUT2D eigenvalue weighted by Gasteiger charge is 2.15. The molecule has 0 bridgehead atoms. The minimum Gasteiger partial charge on any atom is -0.504 e. The van der Waals surface area contributed by atoms with Crippen LogP contribution in [0.4, 0.5) is 23.5 Å². The largest absolute Gasteiger partial charge is 0.504 e. The second-order valence-corrected chi connectivity index (χ2v) is 3.56. The van der Waals surface area contributed by atoms with Crippen LogP contribution in [0.25, 0.3) is 0 Å². The zero-order valence-electron chi connectivity index (χ0n) is 9.57. The number of benzene rings is 1. The maximum absolute atomic E-state index is 9.74. The lowest BCUT2D eigenvalue weighted by molar-refractivity contribution is 0.404. The van der Waals surface area contributed by atoms with Gasteiger partial charge in [-0.3, -0.25) is 0 Å². The molecule has 0 aliphatic carbocycles. The standard InChI is InChI=1S/C10H12N6O2/c1-16(5-3-2-4-6(17)7(5)18)10-14-8(11)13-9(12)15-10/h2-4,17-18H,1H3,(H4,11,12,13,14,15). The topological polar surface area (TPSA) is 134 Å². The Kier molecular flexibility index (Phi) is 2.76. The van der Waals surface area contributed by atoms with Crippen molar-refractivity contribution in [3.05, 3.63) is 18.2 Å². The molecule has 0 fully saturated rings. The fourth-order valence-electron chi connectivity index (χ4n) is 1.45. The molecule has 0 amide bonds. The highest BCUT2D eigenvalue weighted by Crippen LogP contribution is 2.36. The van der Waals surface area contributed by atoms with Crippen molar-refractivity contribution < 1.29 is 10.2 Å². The molecule has 8 heteroatoms. The minimum atomic E-state index is -0.280. The van der Waals surface area contributed by atoms with Crippen LogP contribution < -0.4 is 16.4 Å². The van der Waals surface area contributed by atoms with E-state index < -0.39 is 0 Å². The molecule has 2 rings (SSSR count).